The molecule has 1 aromatic rings. The van der Waals surface area contributed by atoms with Crippen LogP contribution in [0.4, 0.5) is 0 Å². The third kappa shape index (κ3) is 7.22. The van der Waals surface area contributed by atoms with E-state index >= 15 is 0 Å². The molecule has 21 heavy (non-hydrogen) atoms. The summed E-state index contributed by atoms with van der Waals surface area (Å²) in [5.74, 6) is 1.53. The van der Waals surface area contributed by atoms with Gasteiger partial charge in [0, 0.05) is 13.0 Å². The van der Waals surface area contributed by atoms with E-state index in [0.29, 0.717) is 30.2 Å². The highest BCUT2D eigenvalue weighted by atomic mass is 16.6. The van der Waals surface area contributed by atoms with Crippen LogP contribution in [0.2, 0.25) is 0 Å². The van der Waals surface area contributed by atoms with Crippen LogP contribution < -0.4 is 0 Å². The number of aromatic nitrogens is 2. The molecule has 0 aliphatic rings. The van der Waals surface area contributed by atoms with Crippen LogP contribution in [0.5, 0.6) is 0 Å². The maximum Gasteiger partial charge on any atom is 0.335 e. The molecule has 0 fully saturated rings. The summed E-state index contributed by atoms with van der Waals surface area (Å²) in [6, 6.07) is 0. The summed E-state index contributed by atoms with van der Waals surface area (Å²) in [4.78, 5) is 15.9. The van der Waals surface area contributed by atoms with E-state index in [1.165, 1.54) is 0 Å². The Balaban J connectivity index is 2.30. The fourth-order valence-corrected chi connectivity index (χ4v) is 1.60. The van der Waals surface area contributed by atoms with E-state index in [1.807, 2.05) is 0 Å². The van der Waals surface area contributed by atoms with Crippen molar-refractivity contribution in [3.05, 3.63) is 11.7 Å². The molecule has 6 nitrogen and oxygen atoms in total. The summed E-state index contributed by atoms with van der Waals surface area (Å²) in [6.45, 7) is 10.6. The number of esters is 1. The summed E-state index contributed by atoms with van der Waals surface area (Å²) >= 11 is 0. The summed E-state index contributed by atoms with van der Waals surface area (Å²) in [6.07, 6.45) is 1.08. The second kappa shape index (κ2) is 8.77. The Hall–Kier alpha value is -1.43. The van der Waals surface area contributed by atoms with Gasteiger partial charge in [-0.25, -0.2) is 4.79 Å². The zero-order chi connectivity index (χ0) is 15.8. The Morgan fingerprint density at radius 3 is 2.52 bits per heavy atom. The predicted octanol–water partition coefficient (Wildman–Crippen LogP) is 2.76. The number of ether oxygens (including phenoxy) is 2. The smallest absolute Gasteiger partial charge is 0.335 e. The van der Waals surface area contributed by atoms with Gasteiger partial charge in [0.2, 0.25) is 0 Å². The van der Waals surface area contributed by atoms with Crippen LogP contribution in [0, 0.1) is 11.8 Å². The van der Waals surface area contributed by atoms with Gasteiger partial charge in [-0.2, -0.15) is 4.98 Å². The fourth-order valence-electron chi connectivity index (χ4n) is 1.60. The van der Waals surface area contributed by atoms with Crippen molar-refractivity contribution in [2.75, 3.05) is 6.61 Å². The lowest BCUT2D eigenvalue weighted by Crippen LogP contribution is -2.24. The standard InChI is InChI=1S/C15H26N2O4/c1-10(2)6-7-19-12(5)15(18)20-9-14-16-13(17-21-14)8-11(3)4/h10-12H,6-9H2,1-5H3. The minimum atomic E-state index is -0.582. The van der Waals surface area contributed by atoms with Gasteiger partial charge in [0.1, 0.15) is 0 Å². The van der Waals surface area contributed by atoms with Gasteiger partial charge in [0.05, 0.1) is 0 Å². The molecule has 0 saturated heterocycles. The van der Waals surface area contributed by atoms with Crippen molar-refractivity contribution in [3.8, 4) is 0 Å². The molecule has 1 heterocycles. The van der Waals surface area contributed by atoms with Crippen molar-refractivity contribution in [2.24, 2.45) is 11.8 Å². The number of rotatable bonds is 9. The molecule has 0 aliphatic heterocycles. The number of carbonyl (C=O) groups is 1. The largest absolute Gasteiger partial charge is 0.454 e. The van der Waals surface area contributed by atoms with E-state index in [-0.39, 0.29) is 6.61 Å². The van der Waals surface area contributed by atoms with Crippen molar-refractivity contribution in [2.45, 2.75) is 60.2 Å². The molecule has 0 saturated carbocycles. The van der Waals surface area contributed by atoms with Crippen molar-refractivity contribution in [1.29, 1.82) is 0 Å². The molecule has 120 valence electrons. The lowest BCUT2D eigenvalue weighted by atomic mass is 10.1. The van der Waals surface area contributed by atoms with E-state index in [9.17, 15) is 4.79 Å². The number of nitrogens with zero attached hydrogens (tertiary/aromatic N) is 2. The Morgan fingerprint density at radius 2 is 1.90 bits per heavy atom. The Kier molecular flexibility index (Phi) is 7.36. The van der Waals surface area contributed by atoms with Crippen LogP contribution in [0.1, 0.15) is 52.8 Å². The van der Waals surface area contributed by atoms with Crippen molar-refractivity contribution >= 4 is 5.97 Å². The van der Waals surface area contributed by atoms with Gasteiger partial charge in [-0.15, -0.1) is 0 Å². The quantitative estimate of drug-likeness (QED) is 0.653. The fraction of sp³-hybridized carbons (Fsp3) is 0.800. The van der Waals surface area contributed by atoms with Crippen LogP contribution in [0.15, 0.2) is 4.52 Å². The molecule has 0 aromatic carbocycles. The average Bonchev–Trinajstić information content (AvgIpc) is 2.82. The molecule has 1 aromatic heterocycles. The van der Waals surface area contributed by atoms with E-state index in [1.54, 1.807) is 6.92 Å². The van der Waals surface area contributed by atoms with Gasteiger partial charge >= 0.3 is 5.97 Å². The number of hydrogen-bond donors (Lipinski definition) is 0. The van der Waals surface area contributed by atoms with Crippen LogP contribution in [-0.4, -0.2) is 28.8 Å². The normalized spacial score (nSPS) is 12.9. The molecule has 0 bridgehead atoms. The van der Waals surface area contributed by atoms with Gasteiger partial charge < -0.3 is 14.0 Å². The highest BCUT2D eigenvalue weighted by molar-refractivity contribution is 5.74. The van der Waals surface area contributed by atoms with Crippen LogP contribution >= 0.6 is 0 Å². The lowest BCUT2D eigenvalue weighted by Gasteiger charge is -2.12. The highest BCUT2D eigenvalue weighted by Crippen LogP contribution is 2.07. The SMILES string of the molecule is CC(C)CCOC(C)C(=O)OCc1nc(CC(C)C)no1. The highest BCUT2D eigenvalue weighted by Gasteiger charge is 2.17. The monoisotopic (exact) mass is 298 g/mol. The molecule has 0 spiro atoms. The van der Waals surface area contributed by atoms with Crippen LogP contribution in [-0.2, 0) is 27.3 Å². The van der Waals surface area contributed by atoms with Crippen LogP contribution in [0.3, 0.4) is 0 Å². The molecule has 0 amide bonds. The maximum atomic E-state index is 11.7. The summed E-state index contributed by atoms with van der Waals surface area (Å²) < 4.78 is 15.6. The summed E-state index contributed by atoms with van der Waals surface area (Å²) in [5, 5.41) is 3.84. The zero-order valence-electron chi connectivity index (χ0n) is 13.6. The minimum absolute atomic E-state index is 0.0121. The Morgan fingerprint density at radius 1 is 1.19 bits per heavy atom. The Labute approximate surface area is 126 Å². The number of hydrogen-bond acceptors (Lipinski definition) is 6. The van der Waals surface area contributed by atoms with Gasteiger partial charge in [0.15, 0.2) is 18.5 Å². The third-order valence-electron chi connectivity index (χ3n) is 2.83. The first-order valence-corrected chi connectivity index (χ1v) is 7.48. The molecular weight excluding hydrogens is 272 g/mol. The summed E-state index contributed by atoms with van der Waals surface area (Å²) in [5.41, 5.74) is 0. The molecule has 1 atom stereocenters. The van der Waals surface area contributed by atoms with Gasteiger partial charge in [0.25, 0.3) is 5.89 Å². The predicted molar refractivity (Wildman–Crippen MR) is 77.5 cm³/mol. The zero-order valence-corrected chi connectivity index (χ0v) is 13.6. The van der Waals surface area contributed by atoms with Crippen LogP contribution in [0.25, 0.3) is 0 Å². The third-order valence-corrected chi connectivity index (χ3v) is 2.83. The molecule has 1 unspecified atom stereocenters. The second-order valence-electron chi connectivity index (χ2n) is 6.01. The van der Waals surface area contributed by atoms with Crippen molar-refractivity contribution in [1.82, 2.24) is 10.1 Å². The van der Waals surface area contributed by atoms with Gasteiger partial charge in [-0.3, -0.25) is 0 Å². The van der Waals surface area contributed by atoms with Crippen molar-refractivity contribution < 1.29 is 18.8 Å². The molecule has 0 N–H and O–H groups in total. The molecule has 1 rings (SSSR count). The van der Waals surface area contributed by atoms with E-state index < -0.39 is 12.1 Å². The van der Waals surface area contributed by atoms with E-state index in [2.05, 4.69) is 37.8 Å². The number of carbonyl (C=O) groups excluding carboxylic acids is 1. The van der Waals surface area contributed by atoms with Gasteiger partial charge in [-0.05, 0) is 25.2 Å². The minimum Gasteiger partial charge on any atom is -0.454 e. The average molecular weight is 298 g/mol. The topological polar surface area (TPSA) is 74.5 Å². The first-order chi connectivity index (χ1) is 9.88. The van der Waals surface area contributed by atoms with E-state index in [0.717, 1.165) is 12.8 Å². The first kappa shape index (κ1) is 17.6. The first-order valence-electron chi connectivity index (χ1n) is 7.48. The van der Waals surface area contributed by atoms with Gasteiger partial charge in [-0.1, -0.05) is 32.9 Å². The summed E-state index contributed by atoms with van der Waals surface area (Å²) in [7, 11) is 0. The lowest BCUT2D eigenvalue weighted by molar-refractivity contribution is -0.158. The molecule has 0 aliphatic carbocycles. The van der Waals surface area contributed by atoms with Crippen molar-refractivity contribution in [3.63, 3.8) is 0 Å². The molecule has 0 radical (unpaired) electrons. The van der Waals surface area contributed by atoms with E-state index in [4.69, 9.17) is 14.0 Å². The Bertz CT molecular complexity index is 429. The molecule has 6 heteroatoms. The maximum absolute atomic E-state index is 11.7. The second-order valence-corrected chi connectivity index (χ2v) is 6.01. The molecular formula is C15H26N2O4.